The Kier molecular flexibility index (Phi) is 5.26. The van der Waals surface area contributed by atoms with Crippen molar-refractivity contribution >= 4 is 15.9 Å². The molecule has 0 bridgehead atoms. The standard InChI is InChI=1S/C12H17BrFN/c1-3-4-9(2)15-8-10-5-6-11(14)7-12(10)13/h5-7,9,15H,3-4,8H2,1-2H3. The molecule has 0 aliphatic rings. The van der Waals surface area contributed by atoms with E-state index < -0.39 is 0 Å². The highest BCUT2D eigenvalue weighted by molar-refractivity contribution is 9.10. The summed E-state index contributed by atoms with van der Waals surface area (Å²) in [7, 11) is 0. The van der Waals surface area contributed by atoms with E-state index in [9.17, 15) is 4.39 Å². The van der Waals surface area contributed by atoms with Crippen molar-refractivity contribution in [3.05, 3.63) is 34.1 Å². The summed E-state index contributed by atoms with van der Waals surface area (Å²) in [5.41, 5.74) is 1.10. The van der Waals surface area contributed by atoms with Gasteiger partial charge in [-0.2, -0.15) is 0 Å². The van der Waals surface area contributed by atoms with Gasteiger partial charge in [-0.1, -0.05) is 35.3 Å². The van der Waals surface area contributed by atoms with Crippen LogP contribution in [0, 0.1) is 5.82 Å². The largest absolute Gasteiger partial charge is 0.310 e. The first-order valence-corrected chi connectivity index (χ1v) is 6.10. The van der Waals surface area contributed by atoms with Crippen LogP contribution in [0.5, 0.6) is 0 Å². The third-order valence-electron chi connectivity index (χ3n) is 2.38. The van der Waals surface area contributed by atoms with Gasteiger partial charge in [-0.15, -0.1) is 0 Å². The second-order valence-electron chi connectivity index (χ2n) is 3.81. The summed E-state index contributed by atoms with van der Waals surface area (Å²) in [6, 6.07) is 5.31. The van der Waals surface area contributed by atoms with Gasteiger partial charge in [-0.25, -0.2) is 4.39 Å². The zero-order chi connectivity index (χ0) is 11.3. The predicted molar refractivity (Wildman–Crippen MR) is 65.3 cm³/mol. The molecule has 0 amide bonds. The Hall–Kier alpha value is -0.410. The maximum absolute atomic E-state index is 12.8. The molecule has 1 rings (SSSR count). The SMILES string of the molecule is CCCC(C)NCc1ccc(F)cc1Br. The average Bonchev–Trinajstić information content (AvgIpc) is 2.17. The second kappa shape index (κ2) is 6.23. The van der Waals surface area contributed by atoms with Crippen molar-refractivity contribution in [2.75, 3.05) is 0 Å². The Balaban J connectivity index is 2.50. The molecular weight excluding hydrogens is 257 g/mol. The molecule has 15 heavy (non-hydrogen) atoms. The lowest BCUT2D eigenvalue weighted by Gasteiger charge is -2.13. The highest BCUT2D eigenvalue weighted by Crippen LogP contribution is 2.17. The van der Waals surface area contributed by atoms with Gasteiger partial charge in [0, 0.05) is 17.1 Å². The lowest BCUT2D eigenvalue weighted by molar-refractivity contribution is 0.507. The first-order valence-electron chi connectivity index (χ1n) is 5.30. The molecule has 0 aliphatic heterocycles. The first kappa shape index (κ1) is 12.7. The molecule has 1 atom stereocenters. The molecule has 0 saturated heterocycles. The summed E-state index contributed by atoms with van der Waals surface area (Å²) in [5.74, 6) is -0.202. The number of benzene rings is 1. The van der Waals surface area contributed by atoms with Crippen molar-refractivity contribution in [2.24, 2.45) is 0 Å². The van der Waals surface area contributed by atoms with Crippen molar-refractivity contribution in [3.63, 3.8) is 0 Å². The van der Waals surface area contributed by atoms with Crippen molar-refractivity contribution in [1.29, 1.82) is 0 Å². The molecule has 1 nitrogen and oxygen atoms in total. The minimum atomic E-state index is -0.202. The van der Waals surface area contributed by atoms with Crippen LogP contribution < -0.4 is 5.32 Å². The number of halogens is 2. The minimum Gasteiger partial charge on any atom is -0.310 e. The van der Waals surface area contributed by atoms with Crippen molar-refractivity contribution in [3.8, 4) is 0 Å². The van der Waals surface area contributed by atoms with E-state index in [1.807, 2.05) is 6.07 Å². The summed E-state index contributed by atoms with van der Waals surface area (Å²) < 4.78 is 13.6. The zero-order valence-corrected chi connectivity index (χ0v) is 10.8. The molecule has 0 fully saturated rings. The van der Waals surface area contributed by atoms with Crippen LogP contribution in [0.15, 0.2) is 22.7 Å². The van der Waals surface area contributed by atoms with Gasteiger partial charge in [0.1, 0.15) is 5.82 Å². The molecule has 1 N–H and O–H groups in total. The van der Waals surface area contributed by atoms with Gasteiger partial charge in [0.15, 0.2) is 0 Å². The van der Waals surface area contributed by atoms with Gasteiger partial charge in [0.25, 0.3) is 0 Å². The normalized spacial score (nSPS) is 12.8. The number of hydrogen-bond acceptors (Lipinski definition) is 1. The number of nitrogens with one attached hydrogen (secondary N) is 1. The molecule has 0 heterocycles. The smallest absolute Gasteiger partial charge is 0.124 e. The van der Waals surface area contributed by atoms with E-state index in [-0.39, 0.29) is 5.82 Å². The van der Waals surface area contributed by atoms with Gasteiger partial charge in [-0.3, -0.25) is 0 Å². The Bertz CT molecular complexity index is 314. The summed E-state index contributed by atoms with van der Waals surface area (Å²) >= 11 is 3.36. The second-order valence-corrected chi connectivity index (χ2v) is 4.66. The lowest BCUT2D eigenvalue weighted by Crippen LogP contribution is -2.25. The summed E-state index contributed by atoms with van der Waals surface area (Å²) in [5, 5.41) is 3.41. The average molecular weight is 274 g/mol. The molecule has 1 aromatic rings. The number of rotatable bonds is 5. The maximum Gasteiger partial charge on any atom is 0.124 e. The Morgan fingerprint density at radius 1 is 1.47 bits per heavy atom. The minimum absolute atomic E-state index is 0.202. The van der Waals surface area contributed by atoms with Crippen LogP contribution in [0.3, 0.4) is 0 Å². The van der Waals surface area contributed by atoms with Gasteiger partial charge >= 0.3 is 0 Å². The highest BCUT2D eigenvalue weighted by atomic mass is 79.9. The van der Waals surface area contributed by atoms with Gasteiger partial charge in [0.05, 0.1) is 0 Å². The quantitative estimate of drug-likeness (QED) is 0.859. The van der Waals surface area contributed by atoms with Gasteiger partial charge in [-0.05, 0) is 31.0 Å². The fourth-order valence-corrected chi connectivity index (χ4v) is 1.98. The third-order valence-corrected chi connectivity index (χ3v) is 3.12. The zero-order valence-electron chi connectivity index (χ0n) is 9.19. The van der Waals surface area contributed by atoms with Crippen LogP contribution in [0.25, 0.3) is 0 Å². The maximum atomic E-state index is 12.8. The first-order chi connectivity index (χ1) is 7.13. The van der Waals surface area contributed by atoms with Crippen LogP contribution in [0.2, 0.25) is 0 Å². The molecule has 0 saturated carbocycles. The van der Waals surface area contributed by atoms with Crippen LogP contribution in [-0.2, 0) is 6.54 Å². The van der Waals surface area contributed by atoms with E-state index in [4.69, 9.17) is 0 Å². The number of hydrogen-bond donors (Lipinski definition) is 1. The monoisotopic (exact) mass is 273 g/mol. The predicted octanol–water partition coefficient (Wildman–Crippen LogP) is 3.87. The van der Waals surface area contributed by atoms with Crippen LogP contribution in [0.1, 0.15) is 32.3 Å². The van der Waals surface area contributed by atoms with Gasteiger partial charge in [0.2, 0.25) is 0 Å². The fraction of sp³-hybridized carbons (Fsp3) is 0.500. The van der Waals surface area contributed by atoms with Crippen molar-refractivity contribution < 1.29 is 4.39 Å². The Morgan fingerprint density at radius 3 is 2.80 bits per heavy atom. The van der Waals surface area contributed by atoms with Crippen LogP contribution in [0.4, 0.5) is 4.39 Å². The fourth-order valence-electron chi connectivity index (χ4n) is 1.48. The molecule has 0 spiro atoms. The summed E-state index contributed by atoms with van der Waals surface area (Å²) in [4.78, 5) is 0. The Labute approximate surface area is 99.2 Å². The van der Waals surface area contributed by atoms with Gasteiger partial charge < -0.3 is 5.32 Å². The Morgan fingerprint density at radius 2 is 2.20 bits per heavy atom. The molecule has 3 heteroatoms. The van der Waals surface area contributed by atoms with E-state index in [1.165, 1.54) is 25.0 Å². The summed E-state index contributed by atoms with van der Waals surface area (Å²) in [6.45, 7) is 5.12. The molecule has 84 valence electrons. The topological polar surface area (TPSA) is 12.0 Å². The molecule has 1 aromatic carbocycles. The molecule has 0 aromatic heterocycles. The molecule has 1 unspecified atom stereocenters. The van der Waals surface area contributed by atoms with Crippen LogP contribution >= 0.6 is 15.9 Å². The van der Waals surface area contributed by atoms with E-state index in [0.717, 1.165) is 16.6 Å². The van der Waals surface area contributed by atoms with Crippen molar-refractivity contribution in [1.82, 2.24) is 5.32 Å². The van der Waals surface area contributed by atoms with E-state index in [2.05, 4.69) is 35.1 Å². The molecular formula is C12H17BrFN. The highest BCUT2D eigenvalue weighted by Gasteiger charge is 2.03. The van der Waals surface area contributed by atoms with E-state index >= 15 is 0 Å². The van der Waals surface area contributed by atoms with E-state index in [1.54, 1.807) is 0 Å². The molecule has 0 aliphatic carbocycles. The third kappa shape index (κ3) is 4.31. The summed E-state index contributed by atoms with van der Waals surface area (Å²) in [6.07, 6.45) is 2.34. The van der Waals surface area contributed by atoms with Crippen LogP contribution in [-0.4, -0.2) is 6.04 Å². The van der Waals surface area contributed by atoms with E-state index in [0.29, 0.717) is 6.04 Å². The molecule has 0 radical (unpaired) electrons. The lowest BCUT2D eigenvalue weighted by atomic mass is 10.1. The van der Waals surface area contributed by atoms with Crippen molar-refractivity contribution in [2.45, 2.75) is 39.3 Å².